The second-order valence-corrected chi connectivity index (χ2v) is 7.97. The molecule has 6 nitrogen and oxygen atoms in total. The zero-order chi connectivity index (χ0) is 16.8. The number of nitrogens with zero attached hydrogens (tertiary/aromatic N) is 2. The molecule has 2 bridgehead atoms. The molecular formula is C17H28N2O4. The molecule has 6 heteroatoms. The van der Waals surface area contributed by atoms with Crippen molar-refractivity contribution < 1.29 is 19.4 Å². The van der Waals surface area contributed by atoms with Crippen LogP contribution in [0.3, 0.4) is 0 Å². The van der Waals surface area contributed by atoms with Gasteiger partial charge in [0.25, 0.3) is 0 Å². The largest absolute Gasteiger partial charge is 0.390 e. The Morgan fingerprint density at radius 1 is 1.22 bits per heavy atom. The molecular weight excluding hydrogens is 296 g/mol. The summed E-state index contributed by atoms with van der Waals surface area (Å²) in [6, 6.07) is 0. The molecule has 3 fully saturated rings. The standard InChI is InChI=1S/C17H28N2O4/c1-16(2)13-4-5-17(16,3)15(22)19(14(13)21)11-12(20)10-18-6-8-23-9-7-18/h12-13,20H,4-11H2,1-3H3. The van der Waals surface area contributed by atoms with Crippen molar-refractivity contribution in [2.24, 2.45) is 16.7 Å². The van der Waals surface area contributed by atoms with E-state index < -0.39 is 11.5 Å². The zero-order valence-corrected chi connectivity index (χ0v) is 14.4. The number of amides is 2. The van der Waals surface area contributed by atoms with E-state index in [9.17, 15) is 14.7 Å². The number of hydrogen-bond acceptors (Lipinski definition) is 5. The van der Waals surface area contributed by atoms with E-state index in [2.05, 4.69) is 4.90 Å². The smallest absolute Gasteiger partial charge is 0.235 e. The van der Waals surface area contributed by atoms with Crippen LogP contribution in [-0.4, -0.2) is 72.2 Å². The summed E-state index contributed by atoms with van der Waals surface area (Å²) in [5.41, 5.74) is -0.795. The monoisotopic (exact) mass is 324 g/mol. The van der Waals surface area contributed by atoms with Gasteiger partial charge < -0.3 is 9.84 Å². The molecule has 0 aromatic carbocycles. The Labute approximate surface area is 137 Å². The van der Waals surface area contributed by atoms with E-state index in [-0.39, 0.29) is 29.7 Å². The first kappa shape index (κ1) is 16.9. The molecule has 130 valence electrons. The lowest BCUT2D eigenvalue weighted by Gasteiger charge is -2.48. The van der Waals surface area contributed by atoms with Crippen LogP contribution in [0.25, 0.3) is 0 Å². The molecule has 0 aromatic heterocycles. The number of β-amino-alcohol motifs (C(OH)–C–C–N with tert-alkyl or cyclic N) is 1. The lowest BCUT2D eigenvalue weighted by Crippen LogP contribution is -2.61. The minimum absolute atomic E-state index is 0.101. The third kappa shape index (κ3) is 2.61. The number of ether oxygens (including phenoxy) is 1. The van der Waals surface area contributed by atoms with E-state index in [1.54, 1.807) is 0 Å². The first-order chi connectivity index (χ1) is 10.8. The van der Waals surface area contributed by atoms with Crippen LogP contribution in [-0.2, 0) is 14.3 Å². The van der Waals surface area contributed by atoms with Gasteiger partial charge in [-0.25, -0.2) is 0 Å². The van der Waals surface area contributed by atoms with Crippen LogP contribution in [0.5, 0.6) is 0 Å². The zero-order valence-electron chi connectivity index (χ0n) is 14.4. The van der Waals surface area contributed by atoms with Crippen LogP contribution in [0.2, 0.25) is 0 Å². The second-order valence-electron chi connectivity index (χ2n) is 7.97. The first-order valence-electron chi connectivity index (χ1n) is 8.61. The molecule has 3 unspecified atom stereocenters. The molecule has 2 amide bonds. The molecule has 3 rings (SSSR count). The number of fused-ring (bicyclic) bond motifs is 2. The number of imide groups is 1. The number of carbonyl (C=O) groups is 2. The van der Waals surface area contributed by atoms with Gasteiger partial charge in [-0.15, -0.1) is 0 Å². The number of carbonyl (C=O) groups excluding carboxylic acids is 2. The Kier molecular flexibility index (Phi) is 4.27. The number of piperidine rings is 1. The van der Waals surface area contributed by atoms with Crippen molar-refractivity contribution in [3.05, 3.63) is 0 Å². The van der Waals surface area contributed by atoms with Crippen LogP contribution in [0.4, 0.5) is 0 Å². The highest BCUT2D eigenvalue weighted by molar-refractivity contribution is 6.03. The van der Waals surface area contributed by atoms with E-state index in [1.807, 2.05) is 20.8 Å². The van der Waals surface area contributed by atoms with Gasteiger partial charge in [-0.05, 0) is 18.3 Å². The van der Waals surface area contributed by atoms with Gasteiger partial charge in [0.05, 0.1) is 31.3 Å². The molecule has 0 aromatic rings. The van der Waals surface area contributed by atoms with Gasteiger partial charge in [0, 0.05) is 25.6 Å². The summed E-state index contributed by atoms with van der Waals surface area (Å²) in [6.07, 6.45) is 0.820. The maximum Gasteiger partial charge on any atom is 0.235 e. The van der Waals surface area contributed by atoms with Crippen molar-refractivity contribution in [1.29, 1.82) is 0 Å². The number of aliphatic hydroxyl groups excluding tert-OH is 1. The first-order valence-corrected chi connectivity index (χ1v) is 8.61. The quantitative estimate of drug-likeness (QED) is 0.762. The average molecular weight is 324 g/mol. The molecule has 3 aliphatic rings. The molecule has 0 spiro atoms. The highest BCUT2D eigenvalue weighted by atomic mass is 16.5. The van der Waals surface area contributed by atoms with Crippen LogP contribution >= 0.6 is 0 Å². The number of hydrogen-bond donors (Lipinski definition) is 1. The Morgan fingerprint density at radius 2 is 1.87 bits per heavy atom. The second kappa shape index (κ2) is 5.83. The fourth-order valence-corrected chi connectivity index (χ4v) is 4.42. The third-order valence-corrected chi connectivity index (χ3v) is 6.47. The van der Waals surface area contributed by atoms with Crippen molar-refractivity contribution in [2.75, 3.05) is 39.4 Å². The predicted molar refractivity (Wildman–Crippen MR) is 84.6 cm³/mol. The molecule has 1 N–H and O–H groups in total. The summed E-state index contributed by atoms with van der Waals surface area (Å²) < 4.78 is 5.30. The molecule has 0 radical (unpaired) electrons. The highest BCUT2D eigenvalue weighted by Crippen LogP contribution is 2.59. The van der Waals surface area contributed by atoms with E-state index in [0.717, 1.165) is 25.9 Å². The Hall–Kier alpha value is -0.980. The third-order valence-electron chi connectivity index (χ3n) is 6.47. The molecule has 3 atom stereocenters. The van der Waals surface area contributed by atoms with Crippen molar-refractivity contribution in [1.82, 2.24) is 9.80 Å². The van der Waals surface area contributed by atoms with Crippen molar-refractivity contribution in [3.63, 3.8) is 0 Å². The van der Waals surface area contributed by atoms with Crippen LogP contribution in [0, 0.1) is 16.7 Å². The Balaban J connectivity index is 1.68. The fourth-order valence-electron chi connectivity index (χ4n) is 4.42. The van der Waals surface area contributed by atoms with Gasteiger partial charge >= 0.3 is 0 Å². The lowest BCUT2D eigenvalue weighted by atomic mass is 9.62. The van der Waals surface area contributed by atoms with Crippen LogP contribution < -0.4 is 0 Å². The molecule has 23 heavy (non-hydrogen) atoms. The molecule has 2 aliphatic heterocycles. The van der Waals surface area contributed by atoms with Gasteiger partial charge in [-0.2, -0.15) is 0 Å². The lowest BCUT2D eigenvalue weighted by molar-refractivity contribution is -0.169. The molecule has 1 aliphatic carbocycles. The summed E-state index contributed by atoms with van der Waals surface area (Å²) >= 11 is 0. The van der Waals surface area contributed by atoms with Crippen LogP contribution in [0.1, 0.15) is 33.6 Å². The Bertz CT molecular complexity index is 501. The van der Waals surface area contributed by atoms with E-state index in [1.165, 1.54) is 4.90 Å². The maximum atomic E-state index is 12.9. The topological polar surface area (TPSA) is 70.1 Å². The number of likely N-dealkylation sites (tertiary alicyclic amines) is 1. The summed E-state index contributed by atoms with van der Waals surface area (Å²) in [7, 11) is 0. The average Bonchev–Trinajstić information content (AvgIpc) is 2.70. The molecule has 2 saturated heterocycles. The van der Waals surface area contributed by atoms with Crippen molar-refractivity contribution in [3.8, 4) is 0 Å². The highest BCUT2D eigenvalue weighted by Gasteiger charge is 2.64. The summed E-state index contributed by atoms with van der Waals surface area (Å²) in [6.45, 7) is 9.53. The Morgan fingerprint density at radius 3 is 2.52 bits per heavy atom. The minimum Gasteiger partial charge on any atom is -0.390 e. The van der Waals surface area contributed by atoms with Crippen molar-refractivity contribution >= 4 is 11.8 Å². The van der Waals surface area contributed by atoms with Gasteiger partial charge in [-0.1, -0.05) is 20.8 Å². The summed E-state index contributed by atoms with van der Waals surface area (Å²) in [5.74, 6) is -0.320. The van der Waals surface area contributed by atoms with E-state index in [0.29, 0.717) is 19.8 Å². The molecule has 1 saturated carbocycles. The van der Waals surface area contributed by atoms with Gasteiger partial charge in [-0.3, -0.25) is 19.4 Å². The van der Waals surface area contributed by atoms with Gasteiger partial charge in [0.15, 0.2) is 0 Å². The maximum absolute atomic E-state index is 12.9. The van der Waals surface area contributed by atoms with Gasteiger partial charge in [0.2, 0.25) is 11.8 Å². The number of morpholine rings is 1. The summed E-state index contributed by atoms with van der Waals surface area (Å²) in [5, 5.41) is 10.4. The van der Waals surface area contributed by atoms with E-state index >= 15 is 0 Å². The SMILES string of the molecule is CC12CCC(C(=O)N(CC(O)CN3CCOCC3)C1=O)C2(C)C. The minimum atomic E-state index is -0.704. The van der Waals surface area contributed by atoms with Crippen molar-refractivity contribution in [2.45, 2.75) is 39.7 Å². The fraction of sp³-hybridized carbons (Fsp3) is 0.882. The predicted octanol–water partition coefficient (Wildman–Crippen LogP) is 0.491. The normalized spacial score (nSPS) is 35.7. The number of aliphatic hydroxyl groups is 1. The number of rotatable bonds is 4. The van der Waals surface area contributed by atoms with E-state index in [4.69, 9.17) is 4.74 Å². The summed E-state index contributed by atoms with van der Waals surface area (Å²) in [4.78, 5) is 29.1. The van der Waals surface area contributed by atoms with Gasteiger partial charge in [0.1, 0.15) is 0 Å². The van der Waals surface area contributed by atoms with Crippen LogP contribution in [0.15, 0.2) is 0 Å². The molecule has 2 heterocycles.